The van der Waals surface area contributed by atoms with Gasteiger partial charge >= 0.3 is 0 Å². The first kappa shape index (κ1) is 14.5. The Labute approximate surface area is 121 Å². The monoisotopic (exact) mass is 292 g/mol. The second-order valence-corrected chi connectivity index (χ2v) is 4.79. The highest BCUT2D eigenvalue weighted by Crippen LogP contribution is 2.19. The van der Waals surface area contributed by atoms with Gasteiger partial charge in [-0.25, -0.2) is 4.98 Å². The molecule has 1 aromatic heterocycles. The van der Waals surface area contributed by atoms with Crippen LogP contribution < -0.4 is 5.32 Å². The molecule has 0 saturated carbocycles. The maximum absolute atomic E-state index is 12.7. The Morgan fingerprint density at radius 2 is 2.00 bits per heavy atom. The van der Waals surface area contributed by atoms with Crippen LogP contribution in [-0.4, -0.2) is 10.9 Å². The van der Waals surface area contributed by atoms with Gasteiger partial charge in [-0.05, 0) is 36.2 Å². The van der Waals surface area contributed by atoms with E-state index in [1.165, 1.54) is 12.3 Å². The third kappa shape index (κ3) is 3.54. The molecule has 1 aromatic carbocycles. The lowest BCUT2D eigenvalue weighted by molar-refractivity contribution is 0.0935. The molecule has 104 valence electrons. The standard InChI is InChI=1S/C15H14ClFN2O/c1-2-13(10-3-6-12(16)7-4-10)19-15(20)11-5-8-14(17)18-9-11/h3-9,13H,2H2,1H3,(H,19,20). The van der Waals surface area contributed by atoms with Gasteiger partial charge in [0.1, 0.15) is 0 Å². The molecule has 2 aromatic rings. The van der Waals surface area contributed by atoms with E-state index in [9.17, 15) is 9.18 Å². The van der Waals surface area contributed by atoms with E-state index in [1.807, 2.05) is 19.1 Å². The van der Waals surface area contributed by atoms with Crippen LogP contribution in [0.1, 0.15) is 35.3 Å². The molecule has 1 atom stereocenters. The number of amides is 1. The average Bonchev–Trinajstić information content (AvgIpc) is 2.46. The summed E-state index contributed by atoms with van der Waals surface area (Å²) in [6.45, 7) is 1.97. The van der Waals surface area contributed by atoms with Crippen molar-refractivity contribution in [1.29, 1.82) is 0 Å². The maximum atomic E-state index is 12.7. The van der Waals surface area contributed by atoms with E-state index >= 15 is 0 Å². The van der Waals surface area contributed by atoms with Crippen molar-refractivity contribution in [2.24, 2.45) is 0 Å². The van der Waals surface area contributed by atoms with Gasteiger partial charge in [-0.1, -0.05) is 30.7 Å². The van der Waals surface area contributed by atoms with Crippen molar-refractivity contribution < 1.29 is 9.18 Å². The lowest BCUT2D eigenvalue weighted by Crippen LogP contribution is -2.28. The van der Waals surface area contributed by atoms with E-state index in [4.69, 9.17) is 11.6 Å². The molecule has 0 aliphatic rings. The zero-order chi connectivity index (χ0) is 14.5. The third-order valence-electron chi connectivity index (χ3n) is 2.98. The fourth-order valence-corrected chi connectivity index (χ4v) is 1.99. The Kier molecular flexibility index (Phi) is 4.69. The quantitative estimate of drug-likeness (QED) is 0.872. The second-order valence-electron chi connectivity index (χ2n) is 4.36. The summed E-state index contributed by atoms with van der Waals surface area (Å²) >= 11 is 5.84. The number of hydrogen-bond acceptors (Lipinski definition) is 2. The normalized spacial score (nSPS) is 11.9. The molecule has 1 unspecified atom stereocenters. The molecule has 0 fully saturated rings. The number of halogens is 2. The molecule has 0 aliphatic carbocycles. The van der Waals surface area contributed by atoms with Crippen LogP contribution in [0.15, 0.2) is 42.6 Å². The molecule has 0 spiro atoms. The van der Waals surface area contributed by atoms with E-state index in [0.29, 0.717) is 10.6 Å². The van der Waals surface area contributed by atoms with Crippen molar-refractivity contribution in [2.75, 3.05) is 0 Å². The van der Waals surface area contributed by atoms with Crippen LogP contribution in [0, 0.1) is 5.95 Å². The molecule has 0 radical (unpaired) electrons. The van der Waals surface area contributed by atoms with Crippen molar-refractivity contribution in [1.82, 2.24) is 10.3 Å². The molecule has 3 nitrogen and oxygen atoms in total. The lowest BCUT2D eigenvalue weighted by Gasteiger charge is -2.17. The molecule has 1 amide bonds. The van der Waals surface area contributed by atoms with E-state index < -0.39 is 5.95 Å². The lowest BCUT2D eigenvalue weighted by atomic mass is 10.0. The Hall–Kier alpha value is -1.94. The number of carbonyl (C=O) groups excluding carboxylic acids is 1. The van der Waals surface area contributed by atoms with Crippen molar-refractivity contribution >= 4 is 17.5 Å². The number of pyridine rings is 1. The molecule has 0 saturated heterocycles. The number of carbonyl (C=O) groups is 1. The van der Waals surface area contributed by atoms with Crippen LogP contribution in [0.5, 0.6) is 0 Å². The molecular formula is C15H14ClFN2O. The maximum Gasteiger partial charge on any atom is 0.253 e. The fourth-order valence-electron chi connectivity index (χ4n) is 1.87. The zero-order valence-electron chi connectivity index (χ0n) is 10.9. The largest absolute Gasteiger partial charge is 0.345 e. The van der Waals surface area contributed by atoms with Crippen LogP contribution in [0.4, 0.5) is 4.39 Å². The van der Waals surface area contributed by atoms with Crippen molar-refractivity contribution in [3.8, 4) is 0 Å². The Morgan fingerprint density at radius 3 is 2.55 bits per heavy atom. The van der Waals surface area contributed by atoms with Crippen LogP contribution in [-0.2, 0) is 0 Å². The topological polar surface area (TPSA) is 42.0 Å². The minimum absolute atomic E-state index is 0.121. The number of nitrogens with zero attached hydrogens (tertiary/aromatic N) is 1. The minimum atomic E-state index is -0.605. The first-order valence-corrected chi connectivity index (χ1v) is 6.66. The first-order chi connectivity index (χ1) is 9.60. The summed E-state index contributed by atoms with van der Waals surface area (Å²) in [5.74, 6) is -0.884. The Balaban J connectivity index is 2.11. The summed E-state index contributed by atoms with van der Waals surface area (Å²) in [7, 11) is 0. The van der Waals surface area contributed by atoms with Gasteiger partial charge in [0.15, 0.2) is 0 Å². The van der Waals surface area contributed by atoms with Gasteiger partial charge in [0.25, 0.3) is 5.91 Å². The van der Waals surface area contributed by atoms with E-state index in [1.54, 1.807) is 12.1 Å². The van der Waals surface area contributed by atoms with Gasteiger partial charge in [0.05, 0.1) is 11.6 Å². The fraction of sp³-hybridized carbons (Fsp3) is 0.200. The van der Waals surface area contributed by atoms with Crippen molar-refractivity contribution in [2.45, 2.75) is 19.4 Å². The molecule has 5 heteroatoms. The Morgan fingerprint density at radius 1 is 1.30 bits per heavy atom. The number of benzene rings is 1. The number of aromatic nitrogens is 1. The van der Waals surface area contributed by atoms with Crippen LogP contribution in [0.3, 0.4) is 0 Å². The number of rotatable bonds is 4. The van der Waals surface area contributed by atoms with Crippen LogP contribution in [0.25, 0.3) is 0 Å². The second kappa shape index (κ2) is 6.48. The number of nitrogens with one attached hydrogen (secondary N) is 1. The predicted octanol–water partition coefficient (Wildman–Crippen LogP) is 3.76. The molecule has 0 bridgehead atoms. The molecule has 20 heavy (non-hydrogen) atoms. The van der Waals surface area contributed by atoms with Gasteiger partial charge in [-0.3, -0.25) is 4.79 Å². The summed E-state index contributed by atoms with van der Waals surface area (Å²) in [5.41, 5.74) is 1.30. The summed E-state index contributed by atoms with van der Waals surface area (Å²) in [6.07, 6.45) is 1.96. The highest BCUT2D eigenvalue weighted by molar-refractivity contribution is 6.30. The zero-order valence-corrected chi connectivity index (χ0v) is 11.7. The molecule has 0 aliphatic heterocycles. The van der Waals surface area contributed by atoms with Crippen molar-refractivity contribution in [3.05, 3.63) is 64.7 Å². The molecular weight excluding hydrogens is 279 g/mol. The van der Waals surface area contributed by atoms with Gasteiger partial charge in [0.2, 0.25) is 5.95 Å². The van der Waals surface area contributed by atoms with E-state index in [0.717, 1.165) is 18.1 Å². The average molecular weight is 293 g/mol. The molecule has 1 N–H and O–H groups in total. The SMILES string of the molecule is CCC(NC(=O)c1ccc(F)nc1)c1ccc(Cl)cc1. The first-order valence-electron chi connectivity index (χ1n) is 6.28. The summed E-state index contributed by atoms with van der Waals surface area (Å²) in [6, 6.07) is 9.77. The summed E-state index contributed by atoms with van der Waals surface area (Å²) in [4.78, 5) is 15.5. The molecule has 2 rings (SSSR count). The van der Waals surface area contributed by atoms with Gasteiger partial charge in [-0.2, -0.15) is 4.39 Å². The minimum Gasteiger partial charge on any atom is -0.345 e. The summed E-state index contributed by atoms with van der Waals surface area (Å²) < 4.78 is 12.7. The van der Waals surface area contributed by atoms with Crippen LogP contribution >= 0.6 is 11.6 Å². The number of hydrogen-bond donors (Lipinski definition) is 1. The van der Waals surface area contributed by atoms with Gasteiger partial charge in [-0.15, -0.1) is 0 Å². The van der Waals surface area contributed by atoms with E-state index in [2.05, 4.69) is 10.3 Å². The summed E-state index contributed by atoms with van der Waals surface area (Å²) in [5, 5.41) is 3.54. The van der Waals surface area contributed by atoms with Crippen LogP contribution in [0.2, 0.25) is 5.02 Å². The highest BCUT2D eigenvalue weighted by atomic mass is 35.5. The Bertz CT molecular complexity index is 584. The highest BCUT2D eigenvalue weighted by Gasteiger charge is 2.14. The third-order valence-corrected chi connectivity index (χ3v) is 3.23. The van der Waals surface area contributed by atoms with Gasteiger partial charge in [0, 0.05) is 11.2 Å². The smallest absolute Gasteiger partial charge is 0.253 e. The van der Waals surface area contributed by atoms with Crippen molar-refractivity contribution in [3.63, 3.8) is 0 Å². The van der Waals surface area contributed by atoms with Gasteiger partial charge < -0.3 is 5.32 Å². The van der Waals surface area contributed by atoms with E-state index in [-0.39, 0.29) is 11.9 Å². The molecule has 1 heterocycles. The predicted molar refractivity (Wildman–Crippen MR) is 76.1 cm³/mol.